The molecule has 6 heteroatoms. The Kier molecular flexibility index (Phi) is 6.73. The quantitative estimate of drug-likeness (QED) is 0.517. The van der Waals surface area contributed by atoms with Gasteiger partial charge in [0.05, 0.1) is 18.6 Å². The van der Waals surface area contributed by atoms with Crippen molar-refractivity contribution in [1.82, 2.24) is 4.90 Å². The van der Waals surface area contributed by atoms with E-state index >= 15 is 0 Å². The fraction of sp³-hybridized carbons (Fsp3) is 0.444. The second kappa shape index (κ2) is 8.78. The van der Waals surface area contributed by atoms with Gasteiger partial charge in [0, 0.05) is 6.54 Å². The number of methoxy groups -OCH3 is 1. The molecule has 5 nitrogen and oxygen atoms in total. The van der Waals surface area contributed by atoms with Crippen LogP contribution in [0.25, 0.3) is 6.08 Å². The van der Waals surface area contributed by atoms with E-state index in [1.54, 1.807) is 13.2 Å². The van der Waals surface area contributed by atoms with E-state index in [2.05, 4.69) is 6.92 Å². The lowest BCUT2D eigenvalue weighted by atomic mass is 10.2. The number of carbonyl (C=O) groups excluding carboxylic acids is 2. The maximum Gasteiger partial charge on any atom is 0.293 e. The van der Waals surface area contributed by atoms with Crippen LogP contribution in [0.2, 0.25) is 0 Å². The van der Waals surface area contributed by atoms with Crippen LogP contribution in [0.3, 0.4) is 0 Å². The molecule has 1 aliphatic rings. The monoisotopic (exact) mass is 349 g/mol. The standard InChI is InChI=1S/C18H23NO4S/c1-4-6-10-23-14-8-7-13(11-15(14)22-3)12-16-17(20)19(9-5-2)18(21)24-16/h7-8,11-12H,4-6,9-10H2,1-3H3/b16-12-. The number of unbranched alkanes of at least 4 members (excludes halogenated alkanes) is 1. The zero-order valence-corrected chi connectivity index (χ0v) is 15.1. The SMILES string of the molecule is CCCCOc1ccc(/C=C2\SC(=O)N(CCC)C2=O)cc1OC. The molecule has 2 rings (SSSR count). The summed E-state index contributed by atoms with van der Waals surface area (Å²) in [6.07, 6.45) is 4.52. The van der Waals surface area contributed by atoms with Gasteiger partial charge in [-0.15, -0.1) is 0 Å². The molecule has 130 valence electrons. The van der Waals surface area contributed by atoms with E-state index in [9.17, 15) is 9.59 Å². The lowest BCUT2D eigenvalue weighted by Gasteiger charge is -2.11. The average Bonchev–Trinajstić information content (AvgIpc) is 2.84. The summed E-state index contributed by atoms with van der Waals surface area (Å²) in [4.78, 5) is 25.9. The van der Waals surface area contributed by atoms with Crippen LogP contribution in [0, 0.1) is 0 Å². The first-order valence-electron chi connectivity index (χ1n) is 8.16. The number of amides is 2. The topological polar surface area (TPSA) is 55.8 Å². The van der Waals surface area contributed by atoms with Crippen molar-refractivity contribution in [2.24, 2.45) is 0 Å². The van der Waals surface area contributed by atoms with Crippen LogP contribution in [-0.2, 0) is 4.79 Å². The van der Waals surface area contributed by atoms with E-state index in [0.717, 1.165) is 36.6 Å². The number of carbonyl (C=O) groups is 2. The smallest absolute Gasteiger partial charge is 0.293 e. The highest BCUT2D eigenvalue weighted by molar-refractivity contribution is 8.18. The van der Waals surface area contributed by atoms with Gasteiger partial charge < -0.3 is 9.47 Å². The number of hydrogen-bond donors (Lipinski definition) is 0. The minimum Gasteiger partial charge on any atom is -0.493 e. The largest absolute Gasteiger partial charge is 0.493 e. The molecule has 1 aromatic rings. The minimum atomic E-state index is -0.228. The third kappa shape index (κ3) is 4.32. The number of benzene rings is 1. The van der Waals surface area contributed by atoms with E-state index in [-0.39, 0.29) is 11.1 Å². The van der Waals surface area contributed by atoms with Gasteiger partial charge in [-0.1, -0.05) is 26.3 Å². The van der Waals surface area contributed by atoms with Crippen molar-refractivity contribution < 1.29 is 19.1 Å². The second-order valence-corrected chi connectivity index (χ2v) is 6.44. The Hall–Kier alpha value is -1.95. The van der Waals surface area contributed by atoms with Crippen LogP contribution < -0.4 is 9.47 Å². The van der Waals surface area contributed by atoms with Crippen molar-refractivity contribution in [1.29, 1.82) is 0 Å². The number of nitrogens with zero attached hydrogens (tertiary/aromatic N) is 1. The van der Waals surface area contributed by atoms with Gasteiger partial charge in [-0.05, 0) is 48.4 Å². The third-order valence-electron chi connectivity index (χ3n) is 3.56. The molecule has 0 atom stereocenters. The van der Waals surface area contributed by atoms with Crippen LogP contribution in [0.4, 0.5) is 4.79 Å². The second-order valence-electron chi connectivity index (χ2n) is 5.45. The summed E-state index contributed by atoms with van der Waals surface area (Å²) < 4.78 is 11.1. The number of imide groups is 1. The number of hydrogen-bond acceptors (Lipinski definition) is 5. The zero-order chi connectivity index (χ0) is 17.5. The van der Waals surface area contributed by atoms with Crippen molar-refractivity contribution in [3.63, 3.8) is 0 Å². The Labute approximate surface area is 147 Å². The highest BCUT2D eigenvalue weighted by Crippen LogP contribution is 2.34. The van der Waals surface area contributed by atoms with Crippen LogP contribution in [0.5, 0.6) is 11.5 Å². The summed E-state index contributed by atoms with van der Waals surface area (Å²) in [7, 11) is 1.58. The van der Waals surface area contributed by atoms with Crippen molar-refractivity contribution in [2.45, 2.75) is 33.1 Å². The molecule has 0 bridgehead atoms. The first-order chi connectivity index (χ1) is 11.6. The Morgan fingerprint density at radius 1 is 1.17 bits per heavy atom. The molecule has 0 spiro atoms. The van der Waals surface area contributed by atoms with E-state index in [0.29, 0.717) is 29.6 Å². The lowest BCUT2D eigenvalue weighted by molar-refractivity contribution is -0.122. The summed E-state index contributed by atoms with van der Waals surface area (Å²) >= 11 is 0.978. The lowest BCUT2D eigenvalue weighted by Crippen LogP contribution is -2.28. The van der Waals surface area contributed by atoms with Crippen molar-refractivity contribution in [2.75, 3.05) is 20.3 Å². The van der Waals surface area contributed by atoms with Crippen LogP contribution in [0.15, 0.2) is 23.1 Å². The fourth-order valence-electron chi connectivity index (χ4n) is 2.29. The predicted molar refractivity (Wildman–Crippen MR) is 96.4 cm³/mol. The normalized spacial score (nSPS) is 16.1. The third-order valence-corrected chi connectivity index (χ3v) is 4.47. The van der Waals surface area contributed by atoms with E-state index in [1.165, 1.54) is 4.90 Å². The number of ether oxygens (including phenoxy) is 2. The van der Waals surface area contributed by atoms with Crippen molar-refractivity contribution >= 4 is 29.0 Å². The Balaban J connectivity index is 2.17. The molecule has 0 unspecified atom stereocenters. The van der Waals surface area contributed by atoms with Crippen molar-refractivity contribution in [3.8, 4) is 11.5 Å². The molecule has 0 saturated carbocycles. The van der Waals surface area contributed by atoms with Crippen LogP contribution >= 0.6 is 11.8 Å². The molecule has 1 fully saturated rings. The summed E-state index contributed by atoms with van der Waals surface area (Å²) in [5, 5.41) is -0.209. The molecular formula is C18H23NO4S. The first-order valence-corrected chi connectivity index (χ1v) is 8.98. The zero-order valence-electron chi connectivity index (χ0n) is 14.3. The number of rotatable bonds is 8. The molecule has 1 aromatic carbocycles. The molecule has 0 aliphatic carbocycles. The maximum absolute atomic E-state index is 12.3. The Morgan fingerprint density at radius 3 is 2.62 bits per heavy atom. The first kappa shape index (κ1) is 18.4. The average molecular weight is 349 g/mol. The molecule has 0 radical (unpaired) electrons. The van der Waals surface area contributed by atoms with Gasteiger partial charge in [-0.2, -0.15) is 0 Å². The molecule has 0 N–H and O–H groups in total. The molecule has 1 saturated heterocycles. The molecule has 1 aliphatic heterocycles. The van der Waals surface area contributed by atoms with Crippen LogP contribution in [-0.4, -0.2) is 36.3 Å². The predicted octanol–water partition coefficient (Wildman–Crippen LogP) is 4.32. The van der Waals surface area contributed by atoms with E-state index < -0.39 is 0 Å². The van der Waals surface area contributed by atoms with Gasteiger partial charge in [0.1, 0.15) is 0 Å². The molecule has 24 heavy (non-hydrogen) atoms. The van der Waals surface area contributed by atoms with E-state index in [4.69, 9.17) is 9.47 Å². The molecule has 1 heterocycles. The highest BCUT2D eigenvalue weighted by Gasteiger charge is 2.34. The van der Waals surface area contributed by atoms with Crippen LogP contribution in [0.1, 0.15) is 38.7 Å². The number of thioether (sulfide) groups is 1. The van der Waals surface area contributed by atoms with Gasteiger partial charge in [0.2, 0.25) is 0 Å². The van der Waals surface area contributed by atoms with E-state index in [1.807, 2.05) is 25.1 Å². The van der Waals surface area contributed by atoms with Gasteiger partial charge >= 0.3 is 0 Å². The Bertz CT molecular complexity index is 642. The Morgan fingerprint density at radius 2 is 1.96 bits per heavy atom. The van der Waals surface area contributed by atoms with Gasteiger partial charge in [0.15, 0.2) is 11.5 Å². The molecular weight excluding hydrogens is 326 g/mol. The molecule has 2 amide bonds. The van der Waals surface area contributed by atoms with Gasteiger partial charge in [-0.3, -0.25) is 14.5 Å². The molecule has 0 aromatic heterocycles. The summed E-state index contributed by atoms with van der Waals surface area (Å²) in [6, 6.07) is 5.50. The summed E-state index contributed by atoms with van der Waals surface area (Å²) in [6.45, 7) is 5.14. The minimum absolute atomic E-state index is 0.209. The van der Waals surface area contributed by atoms with Gasteiger partial charge in [-0.25, -0.2) is 0 Å². The van der Waals surface area contributed by atoms with Crippen molar-refractivity contribution in [3.05, 3.63) is 28.7 Å². The summed E-state index contributed by atoms with van der Waals surface area (Å²) in [5.74, 6) is 1.07. The van der Waals surface area contributed by atoms with Gasteiger partial charge in [0.25, 0.3) is 11.1 Å². The summed E-state index contributed by atoms with van der Waals surface area (Å²) in [5.41, 5.74) is 0.802. The highest BCUT2D eigenvalue weighted by atomic mass is 32.2. The fourth-order valence-corrected chi connectivity index (χ4v) is 3.15. The maximum atomic E-state index is 12.3.